The van der Waals surface area contributed by atoms with Gasteiger partial charge in [0.1, 0.15) is 0 Å². The fourth-order valence-electron chi connectivity index (χ4n) is 3.72. The van der Waals surface area contributed by atoms with Crippen molar-refractivity contribution in [2.75, 3.05) is 19.6 Å². The molecule has 2 bridgehead atoms. The monoisotopic (exact) mass is 373 g/mol. The van der Waals surface area contributed by atoms with Gasteiger partial charge in [0.2, 0.25) is 5.89 Å². The zero-order valence-electron chi connectivity index (χ0n) is 13.4. The highest BCUT2D eigenvalue weighted by Gasteiger charge is 2.49. The van der Waals surface area contributed by atoms with E-state index in [1.165, 1.54) is 4.90 Å². The molecule has 3 aliphatic heterocycles. The highest BCUT2D eigenvalue weighted by molar-refractivity contribution is 7.80. The second kappa shape index (κ2) is 6.20. The van der Waals surface area contributed by atoms with Crippen LogP contribution in [-0.2, 0) is 14.7 Å². The van der Waals surface area contributed by atoms with Crippen LogP contribution in [0, 0.1) is 0 Å². The van der Waals surface area contributed by atoms with Gasteiger partial charge < -0.3 is 14.7 Å². The largest absolute Gasteiger partial charge is 0.418 e. The van der Waals surface area contributed by atoms with Gasteiger partial charge in [0.25, 0.3) is 0 Å². The average Bonchev–Trinajstić information content (AvgIpc) is 3.16. The predicted octanol–water partition coefficient (Wildman–Crippen LogP) is 0.212. The summed E-state index contributed by atoms with van der Waals surface area (Å²) in [5.74, 6) is 1.22. The Bertz CT molecular complexity index is 761. The third-order valence-corrected chi connectivity index (χ3v) is 5.29. The van der Waals surface area contributed by atoms with Crippen molar-refractivity contribution in [2.45, 2.75) is 43.7 Å². The molecule has 0 radical (unpaired) electrons. The summed E-state index contributed by atoms with van der Waals surface area (Å²) in [6, 6.07) is -1.45. The van der Waals surface area contributed by atoms with E-state index >= 15 is 0 Å². The lowest BCUT2D eigenvalue weighted by atomic mass is 9.98. The first kappa shape index (κ1) is 16.7. The first-order chi connectivity index (χ1) is 11.9. The Kier molecular flexibility index (Phi) is 4.14. The Labute approximate surface area is 144 Å². The summed E-state index contributed by atoms with van der Waals surface area (Å²) in [6.07, 6.45) is 2.92. The SMILES string of the molecule is O=C1N2C[C@@H](CCC2c2noc(C3CCNCC3)n2)N1OS(=O)(=O)O. The highest BCUT2D eigenvalue weighted by atomic mass is 32.3. The summed E-state index contributed by atoms with van der Waals surface area (Å²) in [5, 5.41) is 8.02. The number of fused-ring (bicyclic) bond motifs is 2. The first-order valence-corrected chi connectivity index (χ1v) is 9.60. The van der Waals surface area contributed by atoms with Crippen LogP contribution in [0.2, 0.25) is 0 Å². The molecule has 3 saturated heterocycles. The first-order valence-electron chi connectivity index (χ1n) is 8.23. The molecule has 2 N–H and O–H groups in total. The molecule has 1 aromatic rings. The van der Waals surface area contributed by atoms with Crippen molar-refractivity contribution >= 4 is 16.4 Å². The van der Waals surface area contributed by atoms with Gasteiger partial charge in [0.15, 0.2) is 5.82 Å². The number of nitrogens with zero attached hydrogens (tertiary/aromatic N) is 4. The van der Waals surface area contributed by atoms with Crippen molar-refractivity contribution in [1.82, 2.24) is 25.4 Å². The molecular formula is C13H19N5O6S. The Morgan fingerprint density at radius 1 is 1.24 bits per heavy atom. The van der Waals surface area contributed by atoms with E-state index in [-0.39, 0.29) is 12.5 Å². The molecule has 1 aromatic heterocycles. The molecule has 2 amide bonds. The number of hydroxylamine groups is 2. The number of nitrogens with one attached hydrogen (secondary N) is 1. The molecule has 0 aromatic carbocycles. The normalized spacial score (nSPS) is 28.0. The summed E-state index contributed by atoms with van der Waals surface area (Å²) >= 11 is 0. The van der Waals surface area contributed by atoms with Crippen LogP contribution in [0.1, 0.15) is 49.4 Å². The molecule has 1 unspecified atom stereocenters. The Hall–Kier alpha value is -1.76. The molecule has 12 heteroatoms. The predicted molar refractivity (Wildman–Crippen MR) is 81.5 cm³/mol. The minimum atomic E-state index is -4.75. The zero-order valence-corrected chi connectivity index (χ0v) is 14.2. The van der Waals surface area contributed by atoms with Gasteiger partial charge >= 0.3 is 16.4 Å². The second-order valence-electron chi connectivity index (χ2n) is 6.53. The summed E-state index contributed by atoms with van der Waals surface area (Å²) < 4.78 is 40.5. The maximum atomic E-state index is 12.4. The molecule has 3 fully saturated rings. The smallest absolute Gasteiger partial charge is 0.339 e. The molecule has 0 saturated carbocycles. The minimum Gasteiger partial charge on any atom is -0.339 e. The Balaban J connectivity index is 1.51. The van der Waals surface area contributed by atoms with Crippen molar-refractivity contribution in [3.05, 3.63) is 11.7 Å². The van der Waals surface area contributed by atoms with Crippen molar-refractivity contribution in [3.8, 4) is 0 Å². The van der Waals surface area contributed by atoms with Gasteiger partial charge in [-0.05, 0) is 38.8 Å². The number of piperidine rings is 2. The molecular weight excluding hydrogens is 354 g/mol. The number of carbonyl (C=O) groups excluding carboxylic acids is 1. The van der Waals surface area contributed by atoms with Gasteiger partial charge in [-0.1, -0.05) is 5.16 Å². The number of carbonyl (C=O) groups is 1. The van der Waals surface area contributed by atoms with Crippen LogP contribution in [0.5, 0.6) is 0 Å². The van der Waals surface area contributed by atoms with Gasteiger partial charge in [0.05, 0.1) is 12.1 Å². The maximum absolute atomic E-state index is 12.4. The fraction of sp³-hybridized carbons (Fsp3) is 0.769. The standard InChI is InChI=1S/C13H19N5O6S/c19-13-17-7-9(18(13)24-25(20,21)22)1-2-10(17)11-15-12(23-16-11)8-3-5-14-6-4-8/h8-10,14H,1-7H2,(H,20,21,22)/t9-,10?/m1/s1. The molecule has 11 nitrogen and oxygen atoms in total. The van der Waals surface area contributed by atoms with Crippen LogP contribution in [0.4, 0.5) is 4.79 Å². The summed E-state index contributed by atoms with van der Waals surface area (Å²) in [4.78, 5) is 18.4. The lowest BCUT2D eigenvalue weighted by Crippen LogP contribution is -2.35. The third kappa shape index (κ3) is 3.21. The minimum absolute atomic E-state index is 0.215. The number of urea groups is 1. The van der Waals surface area contributed by atoms with E-state index in [1.807, 2.05) is 0 Å². The van der Waals surface area contributed by atoms with Crippen molar-refractivity contribution < 1.29 is 26.6 Å². The van der Waals surface area contributed by atoms with E-state index < -0.39 is 28.5 Å². The second-order valence-corrected chi connectivity index (χ2v) is 7.53. The summed E-state index contributed by atoms with van der Waals surface area (Å²) in [5.41, 5.74) is 0. The van der Waals surface area contributed by atoms with Crippen LogP contribution in [0.25, 0.3) is 0 Å². The zero-order chi connectivity index (χ0) is 17.6. The van der Waals surface area contributed by atoms with Crippen LogP contribution < -0.4 is 5.32 Å². The number of aromatic nitrogens is 2. The molecule has 0 aliphatic carbocycles. The van der Waals surface area contributed by atoms with Crippen molar-refractivity contribution in [2.24, 2.45) is 0 Å². The fourth-order valence-corrected chi connectivity index (χ4v) is 4.11. The maximum Gasteiger partial charge on any atom is 0.418 e. The summed E-state index contributed by atoms with van der Waals surface area (Å²) in [7, 11) is -4.75. The number of hydrogen-bond acceptors (Lipinski definition) is 8. The van der Waals surface area contributed by atoms with Crippen LogP contribution in [-0.4, -0.2) is 64.8 Å². The van der Waals surface area contributed by atoms with Gasteiger partial charge in [-0.3, -0.25) is 4.55 Å². The van der Waals surface area contributed by atoms with Crippen molar-refractivity contribution in [1.29, 1.82) is 0 Å². The third-order valence-electron chi connectivity index (χ3n) is 4.94. The molecule has 138 valence electrons. The van der Waals surface area contributed by atoms with Gasteiger partial charge in [0, 0.05) is 12.5 Å². The molecule has 2 atom stereocenters. The van der Waals surface area contributed by atoms with E-state index in [0.29, 0.717) is 29.6 Å². The topological polar surface area (TPSA) is 138 Å². The number of hydrogen-bond donors (Lipinski definition) is 2. The van der Waals surface area contributed by atoms with Crippen molar-refractivity contribution in [3.63, 3.8) is 0 Å². The molecule has 4 heterocycles. The van der Waals surface area contributed by atoms with Crippen LogP contribution >= 0.6 is 0 Å². The van der Waals surface area contributed by atoms with E-state index in [2.05, 4.69) is 19.7 Å². The Morgan fingerprint density at radius 2 is 2.00 bits per heavy atom. The van der Waals surface area contributed by atoms with Crippen LogP contribution in [0.3, 0.4) is 0 Å². The van der Waals surface area contributed by atoms with E-state index in [9.17, 15) is 13.2 Å². The highest BCUT2D eigenvalue weighted by Crippen LogP contribution is 2.38. The summed E-state index contributed by atoms with van der Waals surface area (Å²) in [6.45, 7) is 2.09. The van der Waals surface area contributed by atoms with Gasteiger partial charge in [-0.15, -0.1) is 4.28 Å². The Morgan fingerprint density at radius 3 is 2.72 bits per heavy atom. The number of amides is 2. The van der Waals surface area contributed by atoms with Crippen LogP contribution in [0.15, 0.2) is 4.52 Å². The van der Waals surface area contributed by atoms with E-state index in [4.69, 9.17) is 9.08 Å². The average molecular weight is 373 g/mol. The quantitative estimate of drug-likeness (QED) is 0.709. The van der Waals surface area contributed by atoms with E-state index in [0.717, 1.165) is 25.9 Å². The molecule has 3 aliphatic rings. The lowest BCUT2D eigenvalue weighted by molar-refractivity contribution is -0.0317. The van der Waals surface area contributed by atoms with E-state index in [1.54, 1.807) is 0 Å². The lowest BCUT2D eigenvalue weighted by Gasteiger charge is -2.27. The number of rotatable bonds is 4. The van der Waals surface area contributed by atoms with Gasteiger partial charge in [-0.25, -0.2) is 4.79 Å². The molecule has 0 spiro atoms. The molecule has 4 rings (SSSR count). The van der Waals surface area contributed by atoms with Gasteiger partial charge in [-0.2, -0.15) is 18.5 Å². The molecule has 25 heavy (non-hydrogen) atoms.